The minimum atomic E-state index is -0.455. The van der Waals surface area contributed by atoms with Gasteiger partial charge in [-0.1, -0.05) is 29.3 Å². The molecular weight excluding hydrogens is 685 g/mol. The molecule has 1 aliphatic rings. The van der Waals surface area contributed by atoms with Gasteiger partial charge in [0.15, 0.2) is 0 Å². The molecule has 0 aliphatic carbocycles. The van der Waals surface area contributed by atoms with Crippen molar-refractivity contribution >= 4 is 62.6 Å². The summed E-state index contributed by atoms with van der Waals surface area (Å²) in [5.41, 5.74) is 10.1. The van der Waals surface area contributed by atoms with Gasteiger partial charge in [-0.3, -0.25) is 9.48 Å². The number of carbonyl (C=O) groups excluding carboxylic acids is 2. The number of aryl methyl sites for hydroxylation is 7. The molecular formula is C40H41Cl2N5O4. The van der Waals surface area contributed by atoms with Gasteiger partial charge in [0.1, 0.15) is 11.4 Å². The summed E-state index contributed by atoms with van der Waals surface area (Å²) < 4.78 is 17.3. The van der Waals surface area contributed by atoms with Gasteiger partial charge in [0.2, 0.25) is 0 Å². The lowest BCUT2D eigenvalue weighted by Crippen LogP contribution is -2.32. The lowest BCUT2D eigenvalue weighted by molar-refractivity contribution is 0.0600. The van der Waals surface area contributed by atoms with E-state index in [2.05, 4.69) is 4.57 Å². The van der Waals surface area contributed by atoms with E-state index >= 15 is 4.79 Å². The van der Waals surface area contributed by atoms with Gasteiger partial charge in [-0.05, 0) is 100 Å². The van der Waals surface area contributed by atoms with Crippen molar-refractivity contribution in [3.63, 3.8) is 0 Å². The van der Waals surface area contributed by atoms with Crippen LogP contribution in [-0.4, -0.2) is 51.1 Å². The lowest BCUT2D eigenvalue weighted by Gasteiger charge is -2.23. The number of aromatic nitrogens is 4. The van der Waals surface area contributed by atoms with Gasteiger partial charge in [0, 0.05) is 66.0 Å². The van der Waals surface area contributed by atoms with Crippen LogP contribution in [0.2, 0.25) is 10.0 Å². The molecule has 0 atom stereocenters. The second-order valence-corrected chi connectivity index (χ2v) is 14.2. The number of hydrogen-bond acceptors (Lipinski definition) is 5. The zero-order chi connectivity index (χ0) is 36.3. The number of carbonyl (C=O) groups is 2. The van der Waals surface area contributed by atoms with Crippen molar-refractivity contribution in [3.8, 4) is 16.9 Å². The highest BCUT2D eigenvalue weighted by molar-refractivity contribution is 6.35. The molecule has 0 radical (unpaired) electrons. The molecule has 0 saturated carbocycles. The van der Waals surface area contributed by atoms with E-state index in [9.17, 15) is 4.79 Å². The van der Waals surface area contributed by atoms with Gasteiger partial charge in [-0.15, -0.1) is 0 Å². The predicted molar refractivity (Wildman–Crippen MR) is 204 cm³/mol. The SMILES string of the molecule is COC(=O)c1cc(N2CCCn3c(c(CCCOc4cc(C)c(Cl)c(C)c4)c4ccc(Cl)c(-c5c(C)nn(C)c5C)c43)C2=O)c2ccn(C)c2c1. The van der Waals surface area contributed by atoms with Gasteiger partial charge >= 0.3 is 5.97 Å². The molecule has 0 N–H and O–H groups in total. The molecule has 1 aliphatic heterocycles. The van der Waals surface area contributed by atoms with E-state index < -0.39 is 5.97 Å². The first-order chi connectivity index (χ1) is 24.4. The number of halogens is 2. The minimum Gasteiger partial charge on any atom is -0.494 e. The third-order valence-electron chi connectivity index (χ3n) is 10.2. The molecule has 0 fully saturated rings. The Morgan fingerprint density at radius 2 is 1.69 bits per heavy atom. The number of methoxy groups -OCH3 is 1. The second-order valence-electron chi connectivity index (χ2n) is 13.4. The average Bonchev–Trinajstić information content (AvgIpc) is 3.67. The summed E-state index contributed by atoms with van der Waals surface area (Å²) in [6, 6.07) is 13.5. The lowest BCUT2D eigenvalue weighted by atomic mass is 9.98. The quantitative estimate of drug-likeness (QED) is 0.116. The van der Waals surface area contributed by atoms with Crippen LogP contribution in [0.3, 0.4) is 0 Å². The molecule has 11 heteroatoms. The molecule has 0 unspecified atom stereocenters. The highest BCUT2D eigenvalue weighted by Gasteiger charge is 2.33. The number of ether oxygens (including phenoxy) is 2. The van der Waals surface area contributed by atoms with Crippen molar-refractivity contribution < 1.29 is 19.1 Å². The fraction of sp³-hybridized carbons (Fsp3) is 0.325. The maximum absolute atomic E-state index is 15.1. The Balaban J connectivity index is 1.38. The molecule has 0 saturated heterocycles. The molecule has 51 heavy (non-hydrogen) atoms. The Kier molecular flexibility index (Phi) is 9.14. The van der Waals surface area contributed by atoms with Crippen LogP contribution in [0, 0.1) is 27.7 Å². The minimum absolute atomic E-state index is 0.127. The number of nitrogens with zero attached hydrogens (tertiary/aromatic N) is 5. The van der Waals surface area contributed by atoms with Crippen LogP contribution >= 0.6 is 23.2 Å². The number of rotatable bonds is 8. The molecule has 9 nitrogen and oxygen atoms in total. The summed E-state index contributed by atoms with van der Waals surface area (Å²) in [5.74, 6) is 0.188. The fourth-order valence-electron chi connectivity index (χ4n) is 7.67. The predicted octanol–water partition coefficient (Wildman–Crippen LogP) is 8.92. The third-order valence-corrected chi connectivity index (χ3v) is 11.1. The number of amides is 1. The molecule has 3 aromatic carbocycles. The van der Waals surface area contributed by atoms with Crippen LogP contribution in [-0.2, 0) is 31.8 Å². The normalized spacial score (nSPS) is 13.3. The Bertz CT molecular complexity index is 2360. The summed E-state index contributed by atoms with van der Waals surface area (Å²) in [6.45, 7) is 9.51. The third kappa shape index (κ3) is 5.86. The summed E-state index contributed by atoms with van der Waals surface area (Å²) in [7, 11) is 5.23. The monoisotopic (exact) mass is 725 g/mol. The number of esters is 1. The molecule has 4 heterocycles. The van der Waals surface area contributed by atoms with Gasteiger partial charge < -0.3 is 23.5 Å². The van der Waals surface area contributed by atoms with Crippen molar-refractivity contribution in [1.29, 1.82) is 0 Å². The Morgan fingerprint density at radius 1 is 0.941 bits per heavy atom. The summed E-state index contributed by atoms with van der Waals surface area (Å²) in [6.07, 6.45) is 3.90. The van der Waals surface area contributed by atoms with E-state index in [1.807, 2.05) is 98.5 Å². The van der Waals surface area contributed by atoms with Crippen molar-refractivity contribution in [3.05, 3.63) is 98.0 Å². The Morgan fingerprint density at radius 3 is 2.37 bits per heavy atom. The summed E-state index contributed by atoms with van der Waals surface area (Å²) in [5, 5.41) is 7.93. The van der Waals surface area contributed by atoms with Gasteiger partial charge in [-0.2, -0.15) is 5.10 Å². The van der Waals surface area contributed by atoms with Gasteiger partial charge in [-0.25, -0.2) is 4.79 Å². The van der Waals surface area contributed by atoms with Crippen molar-refractivity contribution in [2.24, 2.45) is 14.1 Å². The van der Waals surface area contributed by atoms with Crippen LogP contribution in [0.4, 0.5) is 5.69 Å². The average molecular weight is 727 g/mol. The van der Waals surface area contributed by atoms with Crippen LogP contribution < -0.4 is 9.64 Å². The summed E-state index contributed by atoms with van der Waals surface area (Å²) in [4.78, 5) is 29.8. The molecule has 3 aromatic heterocycles. The summed E-state index contributed by atoms with van der Waals surface area (Å²) >= 11 is 13.5. The zero-order valence-corrected chi connectivity index (χ0v) is 31.5. The smallest absolute Gasteiger partial charge is 0.337 e. The number of benzene rings is 3. The standard InChI is InChI=1S/C40H41Cl2N5O4/c1-22-18-27(19-23(2)36(22)42)51-17-8-10-28-29-11-12-31(41)35(34-24(3)43-45(6)25(34)4)37(29)47-15-9-14-46(39(48)38(28)47)33-21-26(40(49)50-7)20-32-30(33)13-16-44(32)5/h11-13,16,18-21H,8-10,14-15,17H2,1-7H3. The first-order valence-corrected chi connectivity index (χ1v) is 17.9. The van der Waals surface area contributed by atoms with E-state index in [1.165, 1.54) is 7.11 Å². The number of hydrogen-bond donors (Lipinski definition) is 0. The fourth-order valence-corrected chi connectivity index (χ4v) is 8.03. The largest absolute Gasteiger partial charge is 0.494 e. The van der Waals surface area contributed by atoms with E-state index in [0.717, 1.165) is 71.8 Å². The maximum Gasteiger partial charge on any atom is 0.337 e. The topological polar surface area (TPSA) is 83.5 Å². The molecule has 0 spiro atoms. The molecule has 6 aromatic rings. The van der Waals surface area contributed by atoms with E-state index in [4.69, 9.17) is 37.8 Å². The molecule has 0 bridgehead atoms. The maximum atomic E-state index is 15.1. The highest BCUT2D eigenvalue weighted by atomic mass is 35.5. The number of anilines is 1. The van der Waals surface area contributed by atoms with Crippen LogP contribution in [0.25, 0.3) is 32.9 Å². The van der Waals surface area contributed by atoms with E-state index in [-0.39, 0.29) is 5.91 Å². The zero-order valence-electron chi connectivity index (χ0n) is 30.0. The van der Waals surface area contributed by atoms with Gasteiger partial charge in [0.25, 0.3) is 5.91 Å². The van der Waals surface area contributed by atoms with Crippen molar-refractivity contribution in [2.75, 3.05) is 25.2 Å². The highest BCUT2D eigenvalue weighted by Crippen LogP contribution is 2.43. The van der Waals surface area contributed by atoms with Crippen molar-refractivity contribution in [2.45, 2.75) is 53.5 Å². The first-order valence-electron chi connectivity index (χ1n) is 17.1. The first kappa shape index (κ1) is 34.7. The van der Waals surface area contributed by atoms with Crippen LogP contribution in [0.1, 0.15) is 61.8 Å². The molecule has 7 rings (SSSR count). The molecule has 264 valence electrons. The van der Waals surface area contributed by atoms with Crippen molar-refractivity contribution in [1.82, 2.24) is 18.9 Å². The number of fused-ring (bicyclic) bond motifs is 4. The second kappa shape index (κ2) is 13.4. The van der Waals surface area contributed by atoms with E-state index in [0.29, 0.717) is 60.9 Å². The Hall–Kier alpha value is -4.73. The van der Waals surface area contributed by atoms with Gasteiger partial charge in [0.05, 0.1) is 46.7 Å². The Labute approximate surface area is 307 Å². The van der Waals surface area contributed by atoms with Crippen LogP contribution in [0.15, 0.2) is 48.7 Å². The molecule has 1 amide bonds. The van der Waals surface area contributed by atoms with Crippen LogP contribution in [0.5, 0.6) is 5.75 Å². The van der Waals surface area contributed by atoms with E-state index in [1.54, 1.807) is 6.07 Å².